The van der Waals surface area contributed by atoms with Gasteiger partial charge in [0.05, 0.1) is 23.4 Å². The molecule has 1 saturated heterocycles. The predicted molar refractivity (Wildman–Crippen MR) is 115 cm³/mol. The number of nitrogens with one attached hydrogen (secondary N) is 1. The fraction of sp³-hybridized carbons (Fsp3) is 0.562. The van der Waals surface area contributed by atoms with Crippen LogP contribution in [-0.2, 0) is 0 Å². The van der Waals surface area contributed by atoms with Gasteiger partial charge >= 0.3 is 0 Å². The minimum atomic E-state index is -0.204. The lowest BCUT2D eigenvalue weighted by molar-refractivity contribution is 0.0901. The third kappa shape index (κ3) is 7.18. The first-order chi connectivity index (χ1) is 10.9. The fourth-order valence-corrected chi connectivity index (χ4v) is 2.81. The Morgan fingerprint density at radius 2 is 1.85 bits per heavy atom. The maximum atomic E-state index is 12.4. The van der Waals surface area contributed by atoms with Gasteiger partial charge < -0.3 is 20.7 Å². The number of ether oxygens (including phenoxy) is 1. The first-order valence-electron chi connectivity index (χ1n) is 7.76. The number of anilines is 1. The molecule has 1 atom stereocenters. The summed E-state index contributed by atoms with van der Waals surface area (Å²) in [5, 5.41) is 3.31. The number of hydrogen-bond acceptors (Lipinski definition) is 5. The maximum absolute atomic E-state index is 12.4. The van der Waals surface area contributed by atoms with Gasteiger partial charge in [-0.3, -0.25) is 9.69 Å². The van der Waals surface area contributed by atoms with E-state index in [4.69, 9.17) is 22.1 Å². The van der Waals surface area contributed by atoms with Crippen molar-refractivity contribution >= 4 is 60.4 Å². The summed E-state index contributed by atoms with van der Waals surface area (Å²) in [5.41, 5.74) is 6.54. The van der Waals surface area contributed by atoms with Gasteiger partial charge in [-0.15, -0.1) is 37.2 Å². The van der Waals surface area contributed by atoms with Crippen molar-refractivity contribution in [3.05, 3.63) is 22.7 Å². The molecule has 0 radical (unpaired) electrons. The van der Waals surface area contributed by atoms with Gasteiger partial charge in [-0.2, -0.15) is 0 Å². The zero-order valence-corrected chi connectivity index (χ0v) is 18.4. The molecule has 1 aliphatic rings. The Morgan fingerprint density at radius 1 is 1.27 bits per heavy atom. The van der Waals surface area contributed by atoms with Crippen LogP contribution in [0.15, 0.2) is 12.1 Å². The normalized spacial score (nSPS) is 15.7. The van der Waals surface area contributed by atoms with Crippen molar-refractivity contribution in [3.63, 3.8) is 0 Å². The van der Waals surface area contributed by atoms with E-state index in [0.29, 0.717) is 28.6 Å². The molecule has 1 heterocycles. The van der Waals surface area contributed by atoms with Gasteiger partial charge in [0.1, 0.15) is 5.75 Å². The van der Waals surface area contributed by atoms with E-state index in [0.717, 1.165) is 26.2 Å². The summed E-state index contributed by atoms with van der Waals surface area (Å²) in [6.07, 6.45) is 0. The van der Waals surface area contributed by atoms with Crippen LogP contribution in [0.1, 0.15) is 17.3 Å². The summed E-state index contributed by atoms with van der Waals surface area (Å²) in [4.78, 5) is 17.1. The Hall–Kier alpha value is -0.630. The molecule has 0 saturated carbocycles. The number of nitrogens with zero attached hydrogens (tertiary/aromatic N) is 2. The van der Waals surface area contributed by atoms with E-state index in [1.807, 2.05) is 0 Å². The van der Waals surface area contributed by atoms with E-state index in [2.05, 4.69) is 29.1 Å². The number of nitrogen functional groups attached to an aromatic ring is 1. The third-order valence-corrected chi connectivity index (χ3v) is 4.61. The van der Waals surface area contributed by atoms with E-state index >= 15 is 0 Å². The number of carbonyl (C=O) groups excluding carboxylic acids is 1. The number of hydrogen-bond donors (Lipinski definition) is 2. The second kappa shape index (κ2) is 12.7. The SMILES string of the molecule is COc1cc(N)c(Cl)cc1C(=O)NCC(C)N1CCN(C)CC1.Cl.Cl.Cl. The number of halogens is 4. The lowest BCUT2D eigenvalue weighted by Crippen LogP contribution is -2.51. The molecule has 152 valence electrons. The van der Waals surface area contributed by atoms with Crippen LogP contribution in [0.4, 0.5) is 5.69 Å². The fourth-order valence-electron chi connectivity index (χ4n) is 2.64. The van der Waals surface area contributed by atoms with Crippen LogP contribution >= 0.6 is 48.8 Å². The molecule has 26 heavy (non-hydrogen) atoms. The van der Waals surface area contributed by atoms with Crippen LogP contribution < -0.4 is 15.8 Å². The van der Waals surface area contributed by atoms with Gasteiger partial charge in [0, 0.05) is 44.8 Å². The van der Waals surface area contributed by atoms with Crippen molar-refractivity contribution in [2.45, 2.75) is 13.0 Å². The largest absolute Gasteiger partial charge is 0.496 e. The Morgan fingerprint density at radius 3 is 2.38 bits per heavy atom. The first-order valence-corrected chi connectivity index (χ1v) is 8.14. The van der Waals surface area contributed by atoms with E-state index in [9.17, 15) is 4.79 Å². The molecule has 6 nitrogen and oxygen atoms in total. The number of nitrogens with two attached hydrogens (primary N) is 1. The summed E-state index contributed by atoms with van der Waals surface area (Å²) in [6.45, 7) is 6.85. The molecule has 0 spiro atoms. The second-order valence-electron chi connectivity index (χ2n) is 5.97. The smallest absolute Gasteiger partial charge is 0.255 e. The van der Waals surface area contributed by atoms with E-state index < -0.39 is 0 Å². The third-order valence-electron chi connectivity index (χ3n) is 4.28. The van der Waals surface area contributed by atoms with Crippen molar-refractivity contribution in [3.8, 4) is 5.75 Å². The average Bonchev–Trinajstić information content (AvgIpc) is 2.55. The van der Waals surface area contributed by atoms with Gasteiger partial charge in [-0.05, 0) is 20.0 Å². The number of amides is 1. The maximum Gasteiger partial charge on any atom is 0.255 e. The van der Waals surface area contributed by atoms with E-state index in [1.54, 1.807) is 12.1 Å². The van der Waals surface area contributed by atoms with Gasteiger partial charge in [0.25, 0.3) is 5.91 Å². The molecule has 10 heteroatoms. The van der Waals surface area contributed by atoms with Gasteiger partial charge in [0.2, 0.25) is 0 Å². The van der Waals surface area contributed by atoms with Crippen LogP contribution in [0, 0.1) is 0 Å². The molecule has 0 aromatic heterocycles. The number of rotatable bonds is 5. The average molecular weight is 450 g/mol. The highest BCUT2D eigenvalue weighted by atomic mass is 35.5. The lowest BCUT2D eigenvalue weighted by atomic mass is 10.1. The highest BCUT2D eigenvalue weighted by Gasteiger charge is 2.21. The predicted octanol–water partition coefficient (Wildman–Crippen LogP) is 2.56. The summed E-state index contributed by atoms with van der Waals surface area (Å²) in [5.74, 6) is 0.223. The topological polar surface area (TPSA) is 70.8 Å². The minimum Gasteiger partial charge on any atom is -0.496 e. The molecule has 1 aromatic carbocycles. The highest BCUT2D eigenvalue weighted by Crippen LogP contribution is 2.28. The second-order valence-corrected chi connectivity index (χ2v) is 6.38. The summed E-state index contributed by atoms with van der Waals surface area (Å²) in [6, 6.07) is 3.40. The van der Waals surface area contributed by atoms with Crippen molar-refractivity contribution < 1.29 is 9.53 Å². The summed E-state index contributed by atoms with van der Waals surface area (Å²) in [7, 11) is 3.63. The van der Waals surface area contributed by atoms with Crippen LogP contribution in [0.5, 0.6) is 5.75 Å². The van der Waals surface area contributed by atoms with Crippen molar-refractivity contribution in [1.82, 2.24) is 15.1 Å². The van der Waals surface area contributed by atoms with Crippen molar-refractivity contribution in [2.24, 2.45) is 0 Å². The van der Waals surface area contributed by atoms with Crippen LogP contribution in [0.2, 0.25) is 5.02 Å². The quantitative estimate of drug-likeness (QED) is 0.676. The highest BCUT2D eigenvalue weighted by molar-refractivity contribution is 6.33. The monoisotopic (exact) mass is 448 g/mol. The van der Waals surface area contributed by atoms with Gasteiger partial charge in [-0.1, -0.05) is 11.6 Å². The Balaban J connectivity index is 0. The first kappa shape index (κ1) is 27.6. The van der Waals surface area contributed by atoms with Crippen molar-refractivity contribution in [1.29, 1.82) is 0 Å². The zero-order chi connectivity index (χ0) is 17.0. The van der Waals surface area contributed by atoms with Gasteiger partial charge in [-0.25, -0.2) is 0 Å². The number of carbonyl (C=O) groups is 1. The lowest BCUT2D eigenvalue weighted by Gasteiger charge is -2.36. The number of piperazine rings is 1. The number of likely N-dealkylation sites (N-methyl/N-ethyl adjacent to an activating group) is 1. The molecule has 2 rings (SSSR count). The molecule has 3 N–H and O–H groups in total. The Bertz CT molecular complexity index is 569. The molecule has 1 amide bonds. The molecule has 1 unspecified atom stereocenters. The summed E-state index contributed by atoms with van der Waals surface area (Å²) >= 11 is 6.01. The van der Waals surface area contributed by atoms with Crippen LogP contribution in [0.25, 0.3) is 0 Å². The zero-order valence-electron chi connectivity index (χ0n) is 15.2. The molecular weight excluding hydrogens is 422 g/mol. The molecule has 1 aliphatic heterocycles. The molecule has 1 aromatic rings. The standard InChI is InChI=1S/C16H25ClN4O2.3ClH/c1-11(21-6-4-20(2)5-7-21)10-19-16(22)12-8-13(17)14(18)9-15(12)23-3;;;/h8-9,11H,4-7,10,18H2,1-3H3,(H,19,22);3*1H. The minimum absolute atomic E-state index is 0. The number of methoxy groups -OCH3 is 1. The molecular formula is C16H28Cl4N4O2. The van der Waals surface area contributed by atoms with Crippen LogP contribution in [-0.4, -0.2) is 68.6 Å². The molecule has 0 aliphatic carbocycles. The van der Waals surface area contributed by atoms with Crippen LogP contribution in [0.3, 0.4) is 0 Å². The Kier molecular flexibility index (Phi) is 13.5. The molecule has 1 fully saturated rings. The van der Waals surface area contributed by atoms with Crippen molar-refractivity contribution in [2.75, 3.05) is 52.6 Å². The van der Waals surface area contributed by atoms with E-state index in [-0.39, 0.29) is 49.2 Å². The Labute approximate surface area is 179 Å². The molecule has 0 bridgehead atoms. The van der Waals surface area contributed by atoms with Gasteiger partial charge in [0.15, 0.2) is 0 Å². The summed E-state index contributed by atoms with van der Waals surface area (Å²) < 4.78 is 5.22. The van der Waals surface area contributed by atoms with E-state index in [1.165, 1.54) is 7.11 Å². The number of benzene rings is 1.